The number of nitrogens with zero attached hydrogens (tertiary/aromatic N) is 1. The zero-order chi connectivity index (χ0) is 13.0. The van der Waals surface area contributed by atoms with Crippen molar-refractivity contribution in [3.8, 4) is 0 Å². The molecule has 0 fully saturated rings. The lowest BCUT2D eigenvalue weighted by molar-refractivity contribution is 0.0935. The first-order valence-corrected chi connectivity index (χ1v) is 5.64. The largest absolute Gasteiger partial charge is 0.345 e. The first-order chi connectivity index (χ1) is 8.68. The highest BCUT2D eigenvalue weighted by Crippen LogP contribution is 2.13. The van der Waals surface area contributed by atoms with Crippen molar-refractivity contribution in [3.05, 3.63) is 65.7 Å². The lowest BCUT2D eigenvalue weighted by atomic mass is 10.1. The Morgan fingerprint density at radius 1 is 1.28 bits per heavy atom. The van der Waals surface area contributed by atoms with Crippen LogP contribution in [0.1, 0.15) is 28.9 Å². The Balaban J connectivity index is 2.11. The van der Waals surface area contributed by atoms with Gasteiger partial charge in [-0.3, -0.25) is 9.78 Å². The van der Waals surface area contributed by atoms with Gasteiger partial charge < -0.3 is 5.32 Å². The molecule has 1 N–H and O–H groups in total. The molecule has 1 aromatic heterocycles. The molecule has 0 aliphatic carbocycles. The van der Waals surface area contributed by atoms with Crippen LogP contribution in [0.25, 0.3) is 0 Å². The zero-order valence-electron chi connectivity index (χ0n) is 9.93. The molecule has 1 amide bonds. The Morgan fingerprint density at radius 3 is 2.67 bits per heavy atom. The molecule has 92 valence electrons. The molecule has 1 unspecified atom stereocenters. The number of hydrogen-bond donors (Lipinski definition) is 1. The molecule has 18 heavy (non-hydrogen) atoms. The van der Waals surface area contributed by atoms with E-state index in [0.29, 0.717) is 0 Å². The average Bonchev–Trinajstić information content (AvgIpc) is 2.40. The monoisotopic (exact) mass is 244 g/mol. The van der Waals surface area contributed by atoms with E-state index in [1.54, 1.807) is 0 Å². The van der Waals surface area contributed by atoms with Crippen LogP contribution in [-0.2, 0) is 0 Å². The second-order valence-electron chi connectivity index (χ2n) is 3.96. The van der Waals surface area contributed by atoms with E-state index in [2.05, 4.69) is 10.3 Å². The van der Waals surface area contributed by atoms with E-state index in [1.165, 1.54) is 12.3 Å². The third-order valence-corrected chi connectivity index (χ3v) is 2.66. The number of amides is 1. The maximum absolute atomic E-state index is 13.4. The second kappa shape index (κ2) is 5.40. The van der Waals surface area contributed by atoms with Crippen molar-refractivity contribution in [1.29, 1.82) is 0 Å². The summed E-state index contributed by atoms with van der Waals surface area (Å²) in [6, 6.07) is 10.7. The molecule has 1 atom stereocenters. The third-order valence-electron chi connectivity index (χ3n) is 2.66. The zero-order valence-corrected chi connectivity index (χ0v) is 9.93. The summed E-state index contributed by atoms with van der Waals surface area (Å²) in [6.07, 6.45) is 2.42. The fourth-order valence-corrected chi connectivity index (χ4v) is 1.66. The van der Waals surface area contributed by atoms with Crippen LogP contribution >= 0.6 is 0 Å². The summed E-state index contributed by atoms with van der Waals surface area (Å²) in [4.78, 5) is 15.5. The number of carbonyl (C=O) groups is 1. The van der Waals surface area contributed by atoms with Gasteiger partial charge in [-0.25, -0.2) is 4.39 Å². The summed E-state index contributed by atoms with van der Waals surface area (Å²) in [6.45, 7) is 1.85. The van der Waals surface area contributed by atoms with Crippen molar-refractivity contribution in [2.45, 2.75) is 13.0 Å². The molecule has 2 rings (SSSR count). The maximum atomic E-state index is 13.4. The van der Waals surface area contributed by atoms with Gasteiger partial charge in [-0.05, 0) is 18.6 Å². The predicted molar refractivity (Wildman–Crippen MR) is 66.5 cm³/mol. The van der Waals surface area contributed by atoms with E-state index in [0.717, 1.165) is 11.8 Å². The van der Waals surface area contributed by atoms with E-state index in [4.69, 9.17) is 0 Å². The van der Waals surface area contributed by atoms with E-state index < -0.39 is 11.7 Å². The molecule has 4 heteroatoms. The van der Waals surface area contributed by atoms with E-state index in [9.17, 15) is 9.18 Å². The molecule has 1 heterocycles. The molecule has 0 aliphatic heterocycles. The number of benzene rings is 1. The van der Waals surface area contributed by atoms with Crippen LogP contribution in [0.2, 0.25) is 0 Å². The predicted octanol–water partition coefficient (Wildman–Crippen LogP) is 2.71. The number of nitrogens with one attached hydrogen (secondary N) is 1. The molecule has 3 nitrogen and oxygen atoms in total. The minimum atomic E-state index is -0.615. The van der Waals surface area contributed by atoms with Gasteiger partial charge in [-0.15, -0.1) is 0 Å². The topological polar surface area (TPSA) is 42.0 Å². The molecule has 0 radical (unpaired) electrons. The number of carbonyl (C=O) groups excluding carboxylic acids is 1. The minimum absolute atomic E-state index is 0.00720. The quantitative estimate of drug-likeness (QED) is 0.902. The van der Waals surface area contributed by atoms with Crippen LogP contribution in [0, 0.1) is 5.82 Å². The third kappa shape index (κ3) is 2.71. The summed E-state index contributed by atoms with van der Waals surface area (Å²) < 4.78 is 13.4. The van der Waals surface area contributed by atoms with Gasteiger partial charge in [0.1, 0.15) is 0 Å². The fraction of sp³-hybridized carbons (Fsp3) is 0.143. The van der Waals surface area contributed by atoms with Crippen LogP contribution in [0.15, 0.2) is 48.8 Å². The molecular formula is C14H13FN2O. The number of halogens is 1. The minimum Gasteiger partial charge on any atom is -0.345 e. The first kappa shape index (κ1) is 12.2. The van der Waals surface area contributed by atoms with Gasteiger partial charge in [-0.2, -0.15) is 0 Å². The summed E-state index contributed by atoms with van der Waals surface area (Å²) in [5.74, 6) is -1.05. The van der Waals surface area contributed by atoms with E-state index >= 15 is 0 Å². The van der Waals surface area contributed by atoms with Crippen molar-refractivity contribution in [2.75, 3.05) is 0 Å². The summed E-state index contributed by atoms with van der Waals surface area (Å²) in [5.41, 5.74) is 0.980. The van der Waals surface area contributed by atoms with Crippen LogP contribution in [-0.4, -0.2) is 10.9 Å². The van der Waals surface area contributed by atoms with Crippen LogP contribution in [0.4, 0.5) is 4.39 Å². The van der Waals surface area contributed by atoms with Gasteiger partial charge in [0.05, 0.1) is 17.8 Å². The van der Waals surface area contributed by atoms with Crippen molar-refractivity contribution in [3.63, 3.8) is 0 Å². The molecular weight excluding hydrogens is 231 g/mol. The van der Waals surface area contributed by atoms with Gasteiger partial charge in [0.25, 0.3) is 5.91 Å². The molecule has 1 aromatic carbocycles. The van der Waals surface area contributed by atoms with Crippen molar-refractivity contribution < 1.29 is 9.18 Å². The standard InChI is InChI=1S/C14H13FN2O/c1-10(11-5-3-2-4-6-11)17-14(18)12-7-8-16-9-13(12)15/h2-10H,1H3,(H,17,18). The highest BCUT2D eigenvalue weighted by molar-refractivity contribution is 5.94. The Kier molecular flexibility index (Phi) is 3.67. The van der Waals surface area contributed by atoms with Crippen LogP contribution in [0.5, 0.6) is 0 Å². The molecule has 0 saturated carbocycles. The average molecular weight is 244 g/mol. The second-order valence-corrected chi connectivity index (χ2v) is 3.96. The molecule has 0 bridgehead atoms. The smallest absolute Gasteiger partial charge is 0.254 e. The van der Waals surface area contributed by atoms with Crippen molar-refractivity contribution in [2.24, 2.45) is 0 Å². The molecule has 0 saturated heterocycles. The Labute approximate surface area is 105 Å². The molecule has 0 spiro atoms. The van der Waals surface area contributed by atoms with Gasteiger partial charge >= 0.3 is 0 Å². The SMILES string of the molecule is CC(NC(=O)c1ccncc1F)c1ccccc1. The maximum Gasteiger partial charge on any atom is 0.254 e. The Hall–Kier alpha value is -2.23. The van der Waals surface area contributed by atoms with Gasteiger partial charge in [0, 0.05) is 6.20 Å². The Bertz CT molecular complexity index is 543. The lowest BCUT2D eigenvalue weighted by Crippen LogP contribution is -2.27. The molecule has 0 aliphatic rings. The van der Waals surface area contributed by atoms with Crippen molar-refractivity contribution >= 4 is 5.91 Å². The van der Waals surface area contributed by atoms with Gasteiger partial charge in [-0.1, -0.05) is 30.3 Å². The fourth-order valence-electron chi connectivity index (χ4n) is 1.66. The highest BCUT2D eigenvalue weighted by atomic mass is 19.1. The summed E-state index contributed by atoms with van der Waals surface area (Å²) in [5, 5.41) is 2.75. The number of rotatable bonds is 3. The van der Waals surface area contributed by atoms with Crippen molar-refractivity contribution in [1.82, 2.24) is 10.3 Å². The number of hydrogen-bond acceptors (Lipinski definition) is 2. The number of aromatic nitrogens is 1. The first-order valence-electron chi connectivity index (χ1n) is 5.64. The van der Waals surface area contributed by atoms with Gasteiger partial charge in [0.2, 0.25) is 0 Å². The van der Waals surface area contributed by atoms with E-state index in [1.807, 2.05) is 37.3 Å². The molecule has 2 aromatic rings. The van der Waals surface area contributed by atoms with Gasteiger partial charge in [0.15, 0.2) is 5.82 Å². The highest BCUT2D eigenvalue weighted by Gasteiger charge is 2.14. The normalized spacial score (nSPS) is 11.9. The number of pyridine rings is 1. The lowest BCUT2D eigenvalue weighted by Gasteiger charge is -2.14. The Morgan fingerprint density at radius 2 is 2.00 bits per heavy atom. The summed E-state index contributed by atoms with van der Waals surface area (Å²) in [7, 11) is 0. The van der Waals surface area contributed by atoms with Crippen LogP contribution in [0.3, 0.4) is 0 Å². The summed E-state index contributed by atoms with van der Waals surface area (Å²) >= 11 is 0. The van der Waals surface area contributed by atoms with Crippen LogP contribution < -0.4 is 5.32 Å². The van der Waals surface area contributed by atoms with E-state index in [-0.39, 0.29) is 11.6 Å².